The molecule has 0 unspecified atom stereocenters. The van der Waals surface area contributed by atoms with Crippen LogP contribution in [0.15, 0.2) is 22.7 Å². The Hall–Kier alpha value is -2.51. The van der Waals surface area contributed by atoms with Gasteiger partial charge in [0, 0.05) is 18.2 Å². The second-order valence-electron chi connectivity index (χ2n) is 4.48. The summed E-state index contributed by atoms with van der Waals surface area (Å²) in [6.45, 7) is 1.27. The molecule has 2 rings (SSSR count). The van der Waals surface area contributed by atoms with Crippen LogP contribution in [0.3, 0.4) is 0 Å². The van der Waals surface area contributed by atoms with Crippen molar-refractivity contribution in [2.45, 2.75) is 13.1 Å². The van der Waals surface area contributed by atoms with E-state index in [0.717, 1.165) is 0 Å². The minimum absolute atomic E-state index is 0.0501. The molecule has 0 aliphatic rings. The highest BCUT2D eigenvalue weighted by molar-refractivity contribution is 5.97. The Balaban J connectivity index is 2.51. The highest BCUT2D eigenvalue weighted by Crippen LogP contribution is 2.37. The van der Waals surface area contributed by atoms with Gasteiger partial charge in [0.2, 0.25) is 5.76 Å². The number of carbonyl (C=O) groups excluding carboxylic acids is 1. The summed E-state index contributed by atoms with van der Waals surface area (Å²) >= 11 is 0. The fraction of sp³-hybridized carbons (Fsp3) is 0.286. The third-order valence-electron chi connectivity index (χ3n) is 3.13. The first-order valence-electron chi connectivity index (χ1n) is 6.23. The van der Waals surface area contributed by atoms with Crippen molar-refractivity contribution in [1.82, 2.24) is 10.5 Å². The van der Waals surface area contributed by atoms with Crippen LogP contribution in [-0.4, -0.2) is 25.2 Å². The average molecular weight is 314 g/mol. The van der Waals surface area contributed by atoms with Crippen molar-refractivity contribution < 1.29 is 27.2 Å². The summed E-state index contributed by atoms with van der Waals surface area (Å²) in [5.41, 5.74) is 0.559. The molecule has 1 heterocycles. The monoisotopic (exact) mass is 314 g/mol. The summed E-state index contributed by atoms with van der Waals surface area (Å²) in [6.07, 6.45) is -4.61. The highest BCUT2D eigenvalue weighted by Gasteiger charge is 2.39. The van der Waals surface area contributed by atoms with E-state index in [9.17, 15) is 18.0 Å². The van der Waals surface area contributed by atoms with Gasteiger partial charge >= 0.3 is 6.18 Å². The van der Waals surface area contributed by atoms with E-state index in [0.29, 0.717) is 5.56 Å². The number of carbonyl (C=O) groups is 1. The fourth-order valence-corrected chi connectivity index (χ4v) is 2.03. The second-order valence-corrected chi connectivity index (χ2v) is 4.48. The van der Waals surface area contributed by atoms with E-state index in [1.54, 1.807) is 0 Å². The number of hydrogen-bond donors (Lipinski definition) is 1. The Morgan fingerprint density at radius 1 is 1.36 bits per heavy atom. The van der Waals surface area contributed by atoms with Crippen molar-refractivity contribution in [3.8, 4) is 17.0 Å². The molecule has 1 amide bonds. The molecule has 0 fully saturated rings. The van der Waals surface area contributed by atoms with Crippen molar-refractivity contribution in [2.24, 2.45) is 0 Å². The molecule has 5 nitrogen and oxygen atoms in total. The number of ether oxygens (including phenoxy) is 1. The van der Waals surface area contributed by atoms with Gasteiger partial charge in [-0.2, -0.15) is 13.2 Å². The summed E-state index contributed by atoms with van der Waals surface area (Å²) in [5, 5.41) is 5.92. The molecular formula is C14H13F3N2O3. The maximum absolute atomic E-state index is 12.7. The molecule has 22 heavy (non-hydrogen) atoms. The quantitative estimate of drug-likeness (QED) is 0.946. The lowest BCUT2D eigenvalue weighted by Gasteiger charge is -2.09. The number of amides is 1. The first kappa shape index (κ1) is 15.9. The molecule has 0 saturated carbocycles. The lowest BCUT2D eigenvalue weighted by Crippen LogP contribution is -2.18. The zero-order valence-electron chi connectivity index (χ0n) is 12.0. The van der Waals surface area contributed by atoms with Crippen LogP contribution in [0.1, 0.15) is 21.7 Å². The van der Waals surface area contributed by atoms with E-state index in [4.69, 9.17) is 4.74 Å². The van der Waals surface area contributed by atoms with Gasteiger partial charge in [0.05, 0.1) is 12.7 Å². The van der Waals surface area contributed by atoms with E-state index >= 15 is 0 Å². The van der Waals surface area contributed by atoms with Gasteiger partial charge in [0.25, 0.3) is 5.91 Å². The summed E-state index contributed by atoms with van der Waals surface area (Å²) in [5.74, 6) is -1.28. The zero-order valence-corrected chi connectivity index (χ0v) is 12.0. The molecule has 118 valence electrons. The third kappa shape index (κ3) is 2.76. The first-order chi connectivity index (χ1) is 10.3. The molecule has 0 aliphatic carbocycles. The molecule has 0 aliphatic heterocycles. The molecule has 1 N–H and O–H groups in total. The van der Waals surface area contributed by atoms with Crippen LogP contribution in [0.4, 0.5) is 13.2 Å². The van der Waals surface area contributed by atoms with Crippen LogP contribution in [0.25, 0.3) is 11.3 Å². The predicted octanol–water partition coefficient (Wildman–Crippen LogP) is 3.04. The number of hydrogen-bond acceptors (Lipinski definition) is 4. The molecular weight excluding hydrogens is 301 g/mol. The van der Waals surface area contributed by atoms with E-state index in [1.165, 1.54) is 39.3 Å². The summed E-state index contributed by atoms with van der Waals surface area (Å²) < 4.78 is 47.7. The van der Waals surface area contributed by atoms with Crippen molar-refractivity contribution >= 4 is 5.91 Å². The SMILES string of the molecule is CNC(=O)c1ccc(-c2noc(C(F)(F)F)c2C)cc1OC. The van der Waals surface area contributed by atoms with Crippen LogP contribution < -0.4 is 10.1 Å². The van der Waals surface area contributed by atoms with Gasteiger partial charge in [0.1, 0.15) is 11.4 Å². The van der Waals surface area contributed by atoms with Crippen LogP contribution in [0, 0.1) is 6.92 Å². The number of methoxy groups -OCH3 is 1. The fourth-order valence-electron chi connectivity index (χ4n) is 2.03. The number of aromatic nitrogens is 1. The molecule has 0 atom stereocenters. The maximum Gasteiger partial charge on any atom is 0.452 e. The molecule has 0 bridgehead atoms. The molecule has 0 spiro atoms. The summed E-state index contributed by atoms with van der Waals surface area (Å²) in [6, 6.07) is 4.38. The Bertz CT molecular complexity index is 708. The number of nitrogens with zero attached hydrogens (tertiary/aromatic N) is 1. The average Bonchev–Trinajstić information content (AvgIpc) is 2.87. The standard InChI is InChI=1S/C14H13F3N2O3/c1-7-11(19-22-12(7)14(15,16)17)8-4-5-9(13(20)18-2)10(6-8)21-3/h4-6H,1-3H3,(H,18,20). The third-order valence-corrected chi connectivity index (χ3v) is 3.13. The van der Waals surface area contributed by atoms with Gasteiger partial charge in [-0.1, -0.05) is 11.2 Å². The normalized spacial score (nSPS) is 11.4. The molecule has 0 saturated heterocycles. The summed E-state index contributed by atoms with van der Waals surface area (Å²) in [7, 11) is 2.83. The molecule has 0 radical (unpaired) electrons. The number of nitrogens with one attached hydrogen (secondary N) is 1. The maximum atomic E-state index is 12.7. The lowest BCUT2D eigenvalue weighted by molar-refractivity contribution is -0.156. The van der Waals surface area contributed by atoms with Crippen LogP contribution in [0.5, 0.6) is 5.75 Å². The number of halogens is 3. The van der Waals surface area contributed by atoms with Crippen molar-refractivity contribution in [1.29, 1.82) is 0 Å². The van der Waals surface area contributed by atoms with Gasteiger partial charge in [-0.05, 0) is 19.1 Å². The minimum atomic E-state index is -4.61. The highest BCUT2D eigenvalue weighted by atomic mass is 19.4. The Kier molecular flexibility index (Phi) is 4.11. The molecule has 8 heteroatoms. The summed E-state index contributed by atoms with van der Waals surface area (Å²) in [4.78, 5) is 11.7. The van der Waals surface area contributed by atoms with Gasteiger partial charge < -0.3 is 14.6 Å². The van der Waals surface area contributed by atoms with Gasteiger partial charge in [-0.25, -0.2) is 0 Å². The number of benzene rings is 1. The van der Waals surface area contributed by atoms with Crippen LogP contribution in [-0.2, 0) is 6.18 Å². The van der Waals surface area contributed by atoms with Crippen molar-refractivity contribution in [2.75, 3.05) is 14.2 Å². The zero-order chi connectivity index (χ0) is 16.5. The van der Waals surface area contributed by atoms with Crippen molar-refractivity contribution in [3.05, 3.63) is 35.1 Å². The second kappa shape index (κ2) is 5.70. The van der Waals surface area contributed by atoms with Crippen LogP contribution >= 0.6 is 0 Å². The smallest absolute Gasteiger partial charge is 0.452 e. The van der Waals surface area contributed by atoms with Gasteiger partial charge in [0.15, 0.2) is 0 Å². The van der Waals surface area contributed by atoms with E-state index in [1.807, 2.05) is 0 Å². The molecule has 1 aromatic heterocycles. The Morgan fingerprint density at radius 2 is 2.05 bits per heavy atom. The lowest BCUT2D eigenvalue weighted by atomic mass is 10.0. The number of rotatable bonds is 3. The predicted molar refractivity (Wildman–Crippen MR) is 71.6 cm³/mol. The van der Waals surface area contributed by atoms with Crippen LogP contribution in [0.2, 0.25) is 0 Å². The first-order valence-corrected chi connectivity index (χ1v) is 6.23. The molecule has 2 aromatic rings. The topological polar surface area (TPSA) is 64.4 Å². The minimum Gasteiger partial charge on any atom is -0.496 e. The van der Waals surface area contributed by atoms with E-state index < -0.39 is 11.9 Å². The Morgan fingerprint density at radius 3 is 2.55 bits per heavy atom. The van der Waals surface area contributed by atoms with E-state index in [-0.39, 0.29) is 28.5 Å². The number of alkyl halides is 3. The van der Waals surface area contributed by atoms with E-state index in [2.05, 4.69) is 15.0 Å². The van der Waals surface area contributed by atoms with Gasteiger partial charge in [-0.15, -0.1) is 0 Å². The van der Waals surface area contributed by atoms with Crippen molar-refractivity contribution in [3.63, 3.8) is 0 Å². The largest absolute Gasteiger partial charge is 0.496 e. The molecule has 1 aromatic carbocycles. The Labute approximate surface area is 124 Å². The van der Waals surface area contributed by atoms with Gasteiger partial charge in [-0.3, -0.25) is 4.79 Å².